The molecule has 0 radical (unpaired) electrons. The van der Waals surface area contributed by atoms with Gasteiger partial charge in [-0.1, -0.05) is 12.1 Å². The van der Waals surface area contributed by atoms with Gasteiger partial charge in [-0.25, -0.2) is 0 Å². The first kappa shape index (κ1) is 19.6. The van der Waals surface area contributed by atoms with Crippen molar-refractivity contribution in [3.63, 3.8) is 0 Å². The van der Waals surface area contributed by atoms with Gasteiger partial charge in [-0.15, -0.1) is 5.53 Å². The minimum absolute atomic E-state index is 0.0352. The molecule has 1 aromatic heterocycles. The van der Waals surface area contributed by atoms with E-state index in [1.165, 1.54) is 0 Å². The SMILES string of the molecule is O=C(Nc1ccc(N(Cc2ccsc2)C(=O)CN2NNc3ccccc32)cc1)C1CC1. The van der Waals surface area contributed by atoms with Crippen LogP contribution in [0.25, 0.3) is 0 Å². The maximum Gasteiger partial charge on any atom is 0.248 e. The van der Waals surface area contributed by atoms with Crippen molar-refractivity contribution in [3.05, 3.63) is 70.9 Å². The number of hydrogen-bond acceptors (Lipinski definition) is 6. The Kier molecular flexibility index (Phi) is 5.31. The van der Waals surface area contributed by atoms with Crippen LogP contribution in [0.4, 0.5) is 22.7 Å². The average Bonchev–Trinajstić information content (AvgIpc) is 3.38. The highest BCUT2D eigenvalue weighted by Crippen LogP contribution is 2.31. The fourth-order valence-corrected chi connectivity index (χ4v) is 4.21. The highest BCUT2D eigenvalue weighted by molar-refractivity contribution is 7.07. The number of fused-ring (bicyclic) bond motifs is 1. The average molecular weight is 434 g/mol. The van der Waals surface area contributed by atoms with Crippen LogP contribution in [0.3, 0.4) is 0 Å². The molecule has 2 heterocycles. The summed E-state index contributed by atoms with van der Waals surface area (Å²) in [6.45, 7) is 0.660. The second-order valence-electron chi connectivity index (χ2n) is 7.76. The van der Waals surface area contributed by atoms with Crippen molar-refractivity contribution in [2.24, 2.45) is 5.92 Å². The molecule has 0 bridgehead atoms. The zero-order valence-electron chi connectivity index (χ0n) is 16.9. The fourth-order valence-electron chi connectivity index (χ4n) is 3.55. The van der Waals surface area contributed by atoms with E-state index in [1.54, 1.807) is 16.2 Å². The molecule has 3 aromatic rings. The van der Waals surface area contributed by atoms with E-state index in [-0.39, 0.29) is 24.3 Å². The van der Waals surface area contributed by atoms with Crippen LogP contribution in [0, 0.1) is 5.92 Å². The highest BCUT2D eigenvalue weighted by Gasteiger charge is 2.29. The quantitative estimate of drug-likeness (QED) is 0.525. The standard InChI is InChI=1S/C23H23N5O2S/c29-22(14-28-21-4-2-1-3-20(21)25-26-28)27(13-16-11-12-31-15-16)19-9-7-18(8-10-19)24-23(30)17-5-6-17/h1-4,7-12,15,17,25-26H,5-6,13-14H2,(H,24,30). The molecule has 0 spiro atoms. The Morgan fingerprint density at radius 1 is 1.10 bits per heavy atom. The van der Waals surface area contributed by atoms with E-state index >= 15 is 0 Å². The van der Waals surface area contributed by atoms with Crippen molar-refractivity contribution in [1.82, 2.24) is 5.53 Å². The van der Waals surface area contributed by atoms with Gasteiger partial charge in [0.1, 0.15) is 6.54 Å². The van der Waals surface area contributed by atoms with Crippen LogP contribution in [0.5, 0.6) is 0 Å². The van der Waals surface area contributed by atoms with Crippen molar-refractivity contribution in [2.45, 2.75) is 19.4 Å². The van der Waals surface area contributed by atoms with Gasteiger partial charge in [0.05, 0.1) is 17.9 Å². The Balaban J connectivity index is 1.34. The summed E-state index contributed by atoms with van der Waals surface area (Å²) in [6, 6.07) is 17.3. The first-order valence-corrected chi connectivity index (χ1v) is 11.2. The Labute approximate surface area is 184 Å². The molecule has 0 atom stereocenters. The van der Waals surface area contributed by atoms with Crippen LogP contribution >= 0.6 is 11.3 Å². The number of amides is 2. The molecule has 2 aromatic carbocycles. The van der Waals surface area contributed by atoms with Crippen LogP contribution in [-0.4, -0.2) is 18.4 Å². The van der Waals surface area contributed by atoms with E-state index in [0.717, 1.165) is 41.2 Å². The molecule has 8 heteroatoms. The molecule has 1 fully saturated rings. The van der Waals surface area contributed by atoms with Crippen molar-refractivity contribution in [1.29, 1.82) is 0 Å². The largest absolute Gasteiger partial charge is 0.326 e. The molecule has 2 aliphatic rings. The number of nitrogens with zero attached hydrogens (tertiary/aromatic N) is 2. The normalized spacial score (nSPS) is 14.6. The second-order valence-corrected chi connectivity index (χ2v) is 8.54. The number of hydrazine groups is 2. The summed E-state index contributed by atoms with van der Waals surface area (Å²) < 4.78 is 0. The van der Waals surface area contributed by atoms with Crippen LogP contribution in [0.1, 0.15) is 18.4 Å². The minimum atomic E-state index is -0.0352. The third-order valence-electron chi connectivity index (χ3n) is 5.43. The number of nitrogens with one attached hydrogen (secondary N) is 3. The van der Waals surface area contributed by atoms with Crippen molar-refractivity contribution in [2.75, 3.05) is 27.2 Å². The van der Waals surface area contributed by atoms with Crippen LogP contribution in [-0.2, 0) is 16.1 Å². The van der Waals surface area contributed by atoms with Crippen molar-refractivity contribution >= 4 is 45.9 Å². The second kappa shape index (κ2) is 8.41. The molecule has 158 valence electrons. The van der Waals surface area contributed by atoms with Gasteiger partial charge in [-0.05, 0) is 71.6 Å². The Morgan fingerprint density at radius 3 is 2.65 bits per heavy atom. The number of thiophene rings is 1. The predicted molar refractivity (Wildman–Crippen MR) is 124 cm³/mol. The zero-order chi connectivity index (χ0) is 21.2. The van der Waals surface area contributed by atoms with Gasteiger partial charge < -0.3 is 15.6 Å². The summed E-state index contributed by atoms with van der Waals surface area (Å²) in [5, 5.41) is 8.82. The Bertz CT molecular complexity index is 1080. The summed E-state index contributed by atoms with van der Waals surface area (Å²) >= 11 is 1.61. The smallest absolute Gasteiger partial charge is 0.248 e. The summed E-state index contributed by atoms with van der Waals surface area (Å²) in [7, 11) is 0. The molecule has 31 heavy (non-hydrogen) atoms. The molecular weight excluding hydrogens is 410 g/mol. The fraction of sp³-hybridized carbons (Fsp3) is 0.217. The van der Waals surface area contributed by atoms with Gasteiger partial charge in [0.15, 0.2) is 0 Å². The number of carbonyl (C=O) groups is 2. The van der Waals surface area contributed by atoms with Gasteiger partial charge in [0.2, 0.25) is 11.8 Å². The van der Waals surface area contributed by atoms with Crippen molar-refractivity contribution < 1.29 is 9.59 Å². The van der Waals surface area contributed by atoms with Gasteiger partial charge in [0.25, 0.3) is 0 Å². The van der Waals surface area contributed by atoms with E-state index < -0.39 is 0 Å². The predicted octanol–water partition coefficient (Wildman–Crippen LogP) is 3.98. The molecule has 2 amide bonds. The number of rotatable bonds is 7. The van der Waals surface area contributed by atoms with E-state index in [4.69, 9.17) is 0 Å². The third kappa shape index (κ3) is 4.40. The number of hydrogen-bond donors (Lipinski definition) is 3. The molecule has 3 N–H and O–H groups in total. The molecule has 5 rings (SSSR count). The summed E-state index contributed by atoms with van der Waals surface area (Å²) in [5.74, 6) is 0.193. The molecule has 1 saturated carbocycles. The Morgan fingerprint density at radius 2 is 1.90 bits per heavy atom. The van der Waals surface area contributed by atoms with Crippen LogP contribution < -0.4 is 26.2 Å². The first-order valence-electron chi connectivity index (χ1n) is 10.3. The van der Waals surface area contributed by atoms with Gasteiger partial charge in [0, 0.05) is 17.3 Å². The first-order chi connectivity index (χ1) is 15.2. The molecule has 0 saturated heterocycles. The maximum absolute atomic E-state index is 13.3. The zero-order valence-corrected chi connectivity index (χ0v) is 17.7. The Hall–Kier alpha value is -3.36. The number of carbonyl (C=O) groups excluding carboxylic acids is 2. The van der Waals surface area contributed by atoms with Crippen LogP contribution in [0.15, 0.2) is 65.4 Å². The van der Waals surface area contributed by atoms with E-state index in [1.807, 2.05) is 65.0 Å². The highest BCUT2D eigenvalue weighted by atomic mass is 32.1. The lowest BCUT2D eigenvalue weighted by Gasteiger charge is -2.26. The van der Waals surface area contributed by atoms with E-state index in [2.05, 4.69) is 21.7 Å². The summed E-state index contributed by atoms with van der Waals surface area (Å²) in [6.07, 6.45) is 1.94. The van der Waals surface area contributed by atoms with E-state index in [0.29, 0.717) is 6.54 Å². The molecule has 1 aliphatic heterocycles. The lowest BCUT2D eigenvalue weighted by molar-refractivity contribution is -0.118. The molecular formula is C23H23N5O2S. The third-order valence-corrected chi connectivity index (χ3v) is 6.16. The summed E-state index contributed by atoms with van der Waals surface area (Å²) in [4.78, 5) is 27.1. The van der Waals surface area contributed by atoms with Crippen LogP contribution in [0.2, 0.25) is 0 Å². The molecule has 7 nitrogen and oxygen atoms in total. The summed E-state index contributed by atoms with van der Waals surface area (Å²) in [5.41, 5.74) is 10.6. The number of anilines is 4. The van der Waals surface area contributed by atoms with Crippen molar-refractivity contribution in [3.8, 4) is 0 Å². The monoisotopic (exact) mass is 433 g/mol. The van der Waals surface area contributed by atoms with E-state index in [9.17, 15) is 9.59 Å². The lowest BCUT2D eigenvalue weighted by Crippen LogP contribution is -2.45. The number of para-hydroxylation sites is 2. The maximum atomic E-state index is 13.3. The number of benzene rings is 2. The van der Waals surface area contributed by atoms with Gasteiger partial charge >= 0.3 is 0 Å². The van der Waals surface area contributed by atoms with Gasteiger partial charge in [-0.2, -0.15) is 11.3 Å². The minimum Gasteiger partial charge on any atom is -0.326 e. The van der Waals surface area contributed by atoms with Gasteiger partial charge in [-0.3, -0.25) is 14.6 Å². The lowest BCUT2D eigenvalue weighted by atomic mass is 10.2. The molecule has 1 aliphatic carbocycles. The molecule has 0 unspecified atom stereocenters. The topological polar surface area (TPSA) is 76.7 Å².